The Balaban J connectivity index is 1.24. The Kier molecular flexibility index (Phi) is 6.49. The molecular weight excluding hydrogens is 454 g/mol. The molecule has 2 aliphatic carbocycles. The van der Waals surface area contributed by atoms with E-state index in [0.29, 0.717) is 11.8 Å². The van der Waals surface area contributed by atoms with Gasteiger partial charge < -0.3 is 20.3 Å². The zero-order chi connectivity index (χ0) is 25.4. The van der Waals surface area contributed by atoms with Gasteiger partial charge in [-0.1, -0.05) is 60.7 Å². The Morgan fingerprint density at radius 1 is 0.750 bits per heavy atom. The lowest BCUT2D eigenvalue weighted by molar-refractivity contribution is -0.133. The van der Waals surface area contributed by atoms with Crippen molar-refractivity contribution < 1.29 is 19.1 Å². The largest absolute Gasteiger partial charge is 0.444 e. The van der Waals surface area contributed by atoms with Crippen LogP contribution in [0.5, 0.6) is 0 Å². The maximum atomic E-state index is 13.4. The number of nitrogens with zero attached hydrogens (tertiary/aromatic N) is 1. The van der Waals surface area contributed by atoms with E-state index in [2.05, 4.69) is 34.9 Å². The van der Waals surface area contributed by atoms with E-state index < -0.39 is 23.5 Å². The number of carbonyl (C=O) groups is 3. The molecule has 1 aliphatic heterocycles. The highest BCUT2D eigenvalue weighted by Gasteiger charge is 2.49. The van der Waals surface area contributed by atoms with Crippen molar-refractivity contribution >= 4 is 17.9 Å². The minimum absolute atomic E-state index is 0.0603. The molecule has 2 N–H and O–H groups in total. The molecule has 1 heterocycles. The van der Waals surface area contributed by atoms with Crippen LogP contribution in [0.2, 0.25) is 0 Å². The van der Waals surface area contributed by atoms with Gasteiger partial charge in [0.15, 0.2) is 0 Å². The van der Waals surface area contributed by atoms with Gasteiger partial charge in [-0.05, 0) is 44.7 Å². The number of hydrogen-bond acceptors (Lipinski definition) is 4. The third-order valence-corrected chi connectivity index (χ3v) is 7.34. The molecule has 0 unspecified atom stereocenters. The predicted octanol–water partition coefficient (Wildman–Crippen LogP) is 3.81. The second-order valence-electron chi connectivity index (χ2n) is 11.3. The maximum absolute atomic E-state index is 13.4. The van der Waals surface area contributed by atoms with Gasteiger partial charge in [-0.2, -0.15) is 0 Å². The van der Waals surface area contributed by atoms with E-state index in [4.69, 9.17) is 4.74 Å². The average Bonchev–Trinajstić information content (AvgIpc) is 3.74. The number of amides is 3. The molecule has 0 bridgehead atoms. The fraction of sp³-hybridized carbons (Fsp3) is 0.483. The van der Waals surface area contributed by atoms with Crippen LogP contribution in [0.15, 0.2) is 60.7 Å². The number of rotatable bonds is 6. The quantitative estimate of drug-likeness (QED) is 0.646. The minimum atomic E-state index is -0.650. The summed E-state index contributed by atoms with van der Waals surface area (Å²) in [4.78, 5) is 41.0. The Morgan fingerprint density at radius 3 is 1.56 bits per heavy atom. The lowest BCUT2D eigenvalue weighted by Crippen LogP contribution is -2.43. The van der Waals surface area contributed by atoms with Gasteiger partial charge in [0.25, 0.3) is 0 Å². The molecule has 0 radical (unpaired) electrons. The fourth-order valence-electron chi connectivity index (χ4n) is 5.24. The van der Waals surface area contributed by atoms with Crippen molar-refractivity contribution in [3.8, 4) is 0 Å². The standard InChI is InChI=1S/C29H35N3O4/c1-29(2,3)36-28(35)32-16-22(26(33)30-24-14-20(24)18-10-6-4-7-11-18)23(17-32)27(34)31-25-15-21(25)19-12-8-5-9-13-19/h4-13,20-25H,14-17H2,1-3H3,(H,30,33)(H,31,34)/t20-,21-,22-,23-,24+,25+/m0/s1. The lowest BCUT2D eigenvalue weighted by atomic mass is 9.94. The third kappa shape index (κ3) is 5.55. The van der Waals surface area contributed by atoms with Gasteiger partial charge in [0.05, 0.1) is 11.8 Å². The van der Waals surface area contributed by atoms with Crippen LogP contribution in [0.3, 0.4) is 0 Å². The van der Waals surface area contributed by atoms with Gasteiger partial charge in [0.2, 0.25) is 11.8 Å². The SMILES string of the molecule is CC(C)(C)OC(=O)N1C[C@H](C(=O)N[C@@H]2C[C@H]2c2ccccc2)[C@@H](C(=O)N[C@@H]2C[C@H]2c2ccccc2)C1. The van der Waals surface area contributed by atoms with Crippen LogP contribution in [0.1, 0.15) is 56.6 Å². The number of likely N-dealkylation sites (tertiary alicyclic amines) is 1. The van der Waals surface area contributed by atoms with Crippen molar-refractivity contribution in [1.29, 1.82) is 0 Å². The smallest absolute Gasteiger partial charge is 0.410 e. The van der Waals surface area contributed by atoms with Crippen LogP contribution in [0, 0.1) is 11.8 Å². The predicted molar refractivity (Wildman–Crippen MR) is 136 cm³/mol. The molecule has 3 amide bonds. The Bertz CT molecular complexity index is 1040. The highest BCUT2D eigenvalue weighted by atomic mass is 16.6. The van der Waals surface area contributed by atoms with Crippen LogP contribution in [-0.4, -0.2) is 53.6 Å². The van der Waals surface area contributed by atoms with Gasteiger partial charge >= 0.3 is 6.09 Å². The molecule has 1 saturated heterocycles. The summed E-state index contributed by atoms with van der Waals surface area (Å²) >= 11 is 0. The minimum Gasteiger partial charge on any atom is -0.444 e. The molecule has 3 aliphatic rings. The van der Waals surface area contributed by atoms with E-state index in [-0.39, 0.29) is 37.0 Å². The van der Waals surface area contributed by atoms with E-state index in [1.165, 1.54) is 16.0 Å². The van der Waals surface area contributed by atoms with Crippen LogP contribution in [0.4, 0.5) is 4.79 Å². The number of hydrogen-bond donors (Lipinski definition) is 2. The van der Waals surface area contributed by atoms with Crippen LogP contribution < -0.4 is 10.6 Å². The first-order valence-corrected chi connectivity index (χ1v) is 12.9. The molecule has 3 fully saturated rings. The molecule has 7 nitrogen and oxygen atoms in total. The first-order chi connectivity index (χ1) is 17.2. The summed E-state index contributed by atoms with van der Waals surface area (Å²) < 4.78 is 5.54. The zero-order valence-electron chi connectivity index (χ0n) is 21.1. The van der Waals surface area contributed by atoms with Gasteiger partial charge in [-0.25, -0.2) is 4.79 Å². The van der Waals surface area contributed by atoms with Crippen molar-refractivity contribution in [3.63, 3.8) is 0 Å². The van der Waals surface area contributed by atoms with E-state index in [1.54, 1.807) is 0 Å². The van der Waals surface area contributed by atoms with Gasteiger partial charge in [-0.15, -0.1) is 0 Å². The summed E-state index contributed by atoms with van der Waals surface area (Å²) in [6.07, 6.45) is 1.28. The summed E-state index contributed by atoms with van der Waals surface area (Å²) in [7, 11) is 0. The Hall–Kier alpha value is -3.35. The Morgan fingerprint density at radius 2 is 1.17 bits per heavy atom. The summed E-state index contributed by atoms with van der Waals surface area (Å²) in [6, 6.07) is 20.4. The van der Waals surface area contributed by atoms with Gasteiger partial charge in [0.1, 0.15) is 5.60 Å². The molecule has 2 aromatic carbocycles. The fourth-order valence-corrected chi connectivity index (χ4v) is 5.24. The molecule has 36 heavy (non-hydrogen) atoms. The first kappa shape index (κ1) is 24.3. The molecule has 7 heteroatoms. The molecule has 2 saturated carbocycles. The topological polar surface area (TPSA) is 87.7 Å². The lowest BCUT2D eigenvalue weighted by Gasteiger charge is -2.24. The molecule has 2 aromatic rings. The van der Waals surface area contributed by atoms with Crippen molar-refractivity contribution in [1.82, 2.24) is 15.5 Å². The highest BCUT2D eigenvalue weighted by molar-refractivity contribution is 5.90. The molecule has 190 valence electrons. The number of nitrogens with one attached hydrogen (secondary N) is 2. The van der Waals surface area contributed by atoms with E-state index in [9.17, 15) is 14.4 Å². The van der Waals surface area contributed by atoms with E-state index in [0.717, 1.165) is 12.8 Å². The van der Waals surface area contributed by atoms with E-state index in [1.807, 2.05) is 57.2 Å². The van der Waals surface area contributed by atoms with Crippen molar-refractivity contribution in [3.05, 3.63) is 71.8 Å². The summed E-state index contributed by atoms with van der Waals surface area (Å²) in [5, 5.41) is 6.29. The summed E-state index contributed by atoms with van der Waals surface area (Å²) in [6.45, 7) is 5.78. The van der Waals surface area contributed by atoms with Crippen molar-refractivity contribution in [2.75, 3.05) is 13.1 Å². The van der Waals surface area contributed by atoms with E-state index >= 15 is 0 Å². The van der Waals surface area contributed by atoms with Gasteiger partial charge in [-0.3, -0.25) is 9.59 Å². The van der Waals surface area contributed by atoms with Gasteiger partial charge in [0, 0.05) is 37.0 Å². The zero-order valence-corrected chi connectivity index (χ0v) is 21.1. The highest BCUT2D eigenvalue weighted by Crippen LogP contribution is 2.42. The Labute approximate surface area is 212 Å². The van der Waals surface area contributed by atoms with Crippen molar-refractivity contribution in [2.24, 2.45) is 11.8 Å². The molecule has 0 spiro atoms. The maximum Gasteiger partial charge on any atom is 0.410 e. The first-order valence-electron chi connectivity index (χ1n) is 12.9. The third-order valence-electron chi connectivity index (χ3n) is 7.34. The molecule has 5 rings (SSSR count). The van der Waals surface area contributed by atoms with Crippen molar-refractivity contribution in [2.45, 2.75) is 63.1 Å². The molecule has 0 aromatic heterocycles. The van der Waals surface area contributed by atoms with Crippen LogP contribution in [-0.2, 0) is 14.3 Å². The monoisotopic (exact) mass is 489 g/mol. The van der Waals surface area contributed by atoms with Crippen LogP contribution in [0.25, 0.3) is 0 Å². The number of ether oxygens (including phenoxy) is 1. The van der Waals surface area contributed by atoms with Crippen LogP contribution >= 0.6 is 0 Å². The summed E-state index contributed by atoms with van der Waals surface area (Å²) in [5.41, 5.74) is 1.77. The second kappa shape index (κ2) is 9.60. The number of benzene rings is 2. The molecular formula is C29H35N3O4. The normalized spacial score (nSPS) is 28.8. The average molecular weight is 490 g/mol. The molecule has 6 atom stereocenters. The number of carbonyl (C=O) groups excluding carboxylic acids is 3. The summed E-state index contributed by atoms with van der Waals surface area (Å²) in [5.74, 6) is -0.959. The second-order valence-corrected chi connectivity index (χ2v) is 11.3.